The van der Waals surface area contributed by atoms with E-state index in [0.717, 1.165) is 37.9 Å². The van der Waals surface area contributed by atoms with Crippen LogP contribution in [0.4, 0.5) is 5.69 Å². The van der Waals surface area contributed by atoms with Crippen LogP contribution in [0, 0.1) is 0 Å². The minimum absolute atomic E-state index is 0.0879. The van der Waals surface area contributed by atoms with Gasteiger partial charge in [0.05, 0.1) is 4.90 Å². The monoisotopic (exact) mass is 294 g/mol. The first-order valence-corrected chi connectivity index (χ1v) is 8.84. The van der Waals surface area contributed by atoms with Gasteiger partial charge in [0.25, 0.3) is 0 Å². The molecule has 0 saturated carbocycles. The Hall–Kier alpha value is -1.07. The van der Waals surface area contributed by atoms with Gasteiger partial charge in [-0.25, -0.2) is 8.42 Å². The van der Waals surface area contributed by atoms with Gasteiger partial charge in [-0.05, 0) is 50.8 Å². The van der Waals surface area contributed by atoms with Crippen LogP contribution in [0.25, 0.3) is 0 Å². The summed E-state index contributed by atoms with van der Waals surface area (Å²) in [7, 11) is -3.39. The zero-order valence-electron chi connectivity index (χ0n) is 12.1. The van der Waals surface area contributed by atoms with Gasteiger partial charge in [-0.15, -0.1) is 0 Å². The molecular weight excluding hydrogens is 272 g/mol. The highest BCUT2D eigenvalue weighted by atomic mass is 32.2. The van der Waals surface area contributed by atoms with E-state index in [1.165, 1.54) is 5.56 Å². The largest absolute Gasteiger partial charge is 0.384 e. The molecule has 3 rings (SSSR count). The average Bonchev–Trinajstić information content (AvgIpc) is 2.85. The molecule has 0 radical (unpaired) electrons. The van der Waals surface area contributed by atoms with Crippen LogP contribution in [-0.4, -0.2) is 31.4 Å². The summed E-state index contributed by atoms with van der Waals surface area (Å²) in [6.45, 7) is 4.92. The molecule has 0 unspecified atom stereocenters. The number of sulfonamides is 1. The summed E-state index contributed by atoms with van der Waals surface area (Å²) in [6.07, 6.45) is 3.99. The van der Waals surface area contributed by atoms with E-state index < -0.39 is 10.0 Å². The van der Waals surface area contributed by atoms with Gasteiger partial charge in [0.2, 0.25) is 10.0 Å². The molecule has 110 valence electrons. The predicted octanol–water partition coefficient (Wildman–Crippen LogP) is 2.61. The zero-order valence-corrected chi connectivity index (χ0v) is 12.9. The average molecular weight is 294 g/mol. The van der Waals surface area contributed by atoms with Crippen LogP contribution in [0.2, 0.25) is 0 Å². The molecule has 0 aromatic heterocycles. The van der Waals surface area contributed by atoms with Crippen LogP contribution >= 0.6 is 0 Å². The lowest BCUT2D eigenvalue weighted by molar-refractivity contribution is 0.204. The van der Waals surface area contributed by atoms with Crippen molar-refractivity contribution in [1.29, 1.82) is 0 Å². The summed E-state index contributed by atoms with van der Waals surface area (Å²) in [5.74, 6) is 0. The molecule has 0 aliphatic carbocycles. The minimum atomic E-state index is -3.39. The van der Waals surface area contributed by atoms with Crippen LogP contribution in [0.15, 0.2) is 23.1 Å². The Balaban J connectivity index is 1.99. The van der Waals surface area contributed by atoms with E-state index in [1.54, 1.807) is 16.4 Å². The van der Waals surface area contributed by atoms with Gasteiger partial charge in [-0.3, -0.25) is 0 Å². The molecule has 20 heavy (non-hydrogen) atoms. The van der Waals surface area contributed by atoms with Crippen LogP contribution in [0.5, 0.6) is 0 Å². The molecule has 0 spiro atoms. The highest BCUT2D eigenvalue weighted by Gasteiger charge is 2.35. The van der Waals surface area contributed by atoms with Crippen LogP contribution in [-0.2, 0) is 16.4 Å². The van der Waals surface area contributed by atoms with Crippen molar-refractivity contribution in [3.63, 3.8) is 0 Å². The quantitative estimate of drug-likeness (QED) is 0.912. The lowest BCUT2D eigenvalue weighted by atomic mass is 10.0. The van der Waals surface area contributed by atoms with E-state index in [1.807, 2.05) is 19.9 Å². The maximum absolute atomic E-state index is 12.9. The second kappa shape index (κ2) is 5.04. The second-order valence-electron chi connectivity index (χ2n) is 5.96. The van der Waals surface area contributed by atoms with Gasteiger partial charge in [-0.2, -0.15) is 4.31 Å². The molecule has 4 nitrogen and oxygen atoms in total. The summed E-state index contributed by atoms with van der Waals surface area (Å²) in [6, 6.07) is 5.68. The Morgan fingerprint density at radius 2 is 1.90 bits per heavy atom. The fourth-order valence-corrected chi connectivity index (χ4v) is 5.33. The number of piperidine rings is 1. The van der Waals surface area contributed by atoms with Crippen molar-refractivity contribution in [2.75, 3.05) is 11.9 Å². The number of hydrogen-bond donors (Lipinski definition) is 1. The van der Waals surface area contributed by atoms with E-state index in [2.05, 4.69) is 5.32 Å². The third-order valence-corrected chi connectivity index (χ3v) is 6.60. The lowest BCUT2D eigenvalue weighted by Gasteiger charge is -2.37. The highest BCUT2D eigenvalue weighted by Crippen LogP contribution is 2.32. The Morgan fingerprint density at radius 1 is 1.20 bits per heavy atom. The summed E-state index contributed by atoms with van der Waals surface area (Å²) in [5.41, 5.74) is 2.19. The van der Waals surface area contributed by atoms with Crippen molar-refractivity contribution in [1.82, 2.24) is 4.31 Å². The van der Waals surface area contributed by atoms with Gasteiger partial charge in [0.15, 0.2) is 0 Å². The fourth-order valence-electron chi connectivity index (χ4n) is 3.42. The summed E-state index contributed by atoms with van der Waals surface area (Å²) in [4.78, 5) is 0.422. The lowest BCUT2D eigenvalue weighted by Crippen LogP contribution is -2.47. The summed E-state index contributed by atoms with van der Waals surface area (Å²) >= 11 is 0. The Morgan fingerprint density at radius 3 is 2.60 bits per heavy atom. The standard InChI is InChI=1S/C15H22N2O2S/c1-11-4-3-5-12(2)17(11)20(18,19)14-7-6-13-8-9-16-15(13)10-14/h6-7,10-12,16H,3-5,8-9H2,1-2H3/t11-,12+. The van der Waals surface area contributed by atoms with Crippen molar-refractivity contribution in [2.45, 2.75) is 56.5 Å². The molecule has 1 aromatic carbocycles. The number of benzene rings is 1. The van der Waals surface area contributed by atoms with Gasteiger partial charge >= 0.3 is 0 Å². The van der Waals surface area contributed by atoms with E-state index >= 15 is 0 Å². The SMILES string of the molecule is C[C@@H]1CCC[C@H](C)N1S(=O)(=O)c1ccc2c(c1)NCC2. The molecule has 2 heterocycles. The Kier molecular flexibility index (Phi) is 3.50. The number of rotatable bonds is 2. The Bertz CT molecular complexity index is 602. The van der Waals surface area contributed by atoms with E-state index in [4.69, 9.17) is 0 Å². The molecule has 0 amide bonds. The molecule has 1 N–H and O–H groups in total. The predicted molar refractivity (Wildman–Crippen MR) is 80.4 cm³/mol. The first kappa shape index (κ1) is 13.9. The van der Waals surface area contributed by atoms with E-state index in [9.17, 15) is 8.42 Å². The molecule has 1 fully saturated rings. The van der Waals surface area contributed by atoms with Gasteiger partial charge < -0.3 is 5.32 Å². The molecule has 1 saturated heterocycles. The first-order chi connectivity index (χ1) is 9.50. The molecule has 2 aliphatic rings. The smallest absolute Gasteiger partial charge is 0.243 e. The fraction of sp³-hybridized carbons (Fsp3) is 0.600. The molecule has 2 atom stereocenters. The highest BCUT2D eigenvalue weighted by molar-refractivity contribution is 7.89. The maximum atomic E-state index is 12.9. The zero-order chi connectivity index (χ0) is 14.3. The van der Waals surface area contributed by atoms with Crippen molar-refractivity contribution in [3.8, 4) is 0 Å². The molecule has 0 bridgehead atoms. The van der Waals surface area contributed by atoms with Crippen molar-refractivity contribution in [2.24, 2.45) is 0 Å². The molecule has 2 aliphatic heterocycles. The molecular formula is C15H22N2O2S. The normalized spacial score (nSPS) is 27.1. The summed E-state index contributed by atoms with van der Waals surface area (Å²) < 4.78 is 27.5. The van der Waals surface area contributed by atoms with Crippen LogP contribution in [0.1, 0.15) is 38.7 Å². The molecule has 5 heteroatoms. The van der Waals surface area contributed by atoms with Crippen molar-refractivity contribution < 1.29 is 8.42 Å². The maximum Gasteiger partial charge on any atom is 0.243 e. The van der Waals surface area contributed by atoms with Crippen molar-refractivity contribution >= 4 is 15.7 Å². The van der Waals surface area contributed by atoms with Gasteiger partial charge in [-0.1, -0.05) is 12.5 Å². The number of nitrogens with zero attached hydrogens (tertiary/aromatic N) is 1. The molecule has 1 aromatic rings. The van der Waals surface area contributed by atoms with Crippen LogP contribution < -0.4 is 5.32 Å². The third kappa shape index (κ3) is 2.23. The number of anilines is 1. The number of hydrogen-bond acceptors (Lipinski definition) is 3. The second-order valence-corrected chi connectivity index (χ2v) is 7.80. The summed E-state index contributed by atoms with van der Waals surface area (Å²) in [5, 5.41) is 3.25. The topological polar surface area (TPSA) is 49.4 Å². The van der Waals surface area contributed by atoms with E-state index in [0.29, 0.717) is 4.90 Å². The Labute approximate surface area is 121 Å². The number of fused-ring (bicyclic) bond motifs is 1. The first-order valence-electron chi connectivity index (χ1n) is 7.40. The van der Waals surface area contributed by atoms with Gasteiger partial charge in [0, 0.05) is 24.3 Å². The van der Waals surface area contributed by atoms with Crippen molar-refractivity contribution in [3.05, 3.63) is 23.8 Å². The third-order valence-electron chi connectivity index (χ3n) is 4.48. The van der Waals surface area contributed by atoms with Gasteiger partial charge in [0.1, 0.15) is 0 Å². The minimum Gasteiger partial charge on any atom is -0.384 e. The number of nitrogens with one attached hydrogen (secondary N) is 1. The van der Waals surface area contributed by atoms with Crippen LogP contribution in [0.3, 0.4) is 0 Å². The van der Waals surface area contributed by atoms with E-state index in [-0.39, 0.29) is 12.1 Å².